The van der Waals surface area contributed by atoms with Crippen molar-refractivity contribution in [2.45, 2.75) is 39.2 Å². The molecule has 1 heterocycles. The van der Waals surface area contributed by atoms with Crippen LogP contribution in [-0.2, 0) is 11.2 Å². The monoisotopic (exact) mass is 449 g/mol. The molecule has 0 aliphatic carbocycles. The van der Waals surface area contributed by atoms with Crippen LogP contribution in [0.3, 0.4) is 0 Å². The lowest BCUT2D eigenvalue weighted by Crippen LogP contribution is -2.40. The lowest BCUT2D eigenvalue weighted by molar-refractivity contribution is 0.00203. The third kappa shape index (κ3) is 6.30. The van der Waals surface area contributed by atoms with Crippen LogP contribution in [0, 0.1) is 13.8 Å². The molecule has 33 heavy (non-hydrogen) atoms. The number of carbonyl (C=O) groups excluding carboxylic acids is 1. The summed E-state index contributed by atoms with van der Waals surface area (Å²) in [6, 6.07) is 10.5. The molecule has 1 aliphatic rings. The topological polar surface area (TPSA) is 77.1 Å². The number of hydrogen-bond donors (Lipinski definition) is 1. The average Bonchev–Trinajstić information content (AvgIpc) is 2.85. The molecular weight excluding hydrogens is 414 g/mol. The van der Waals surface area contributed by atoms with Gasteiger partial charge in [-0.15, -0.1) is 0 Å². The Bertz CT molecular complexity index is 1010. The summed E-state index contributed by atoms with van der Waals surface area (Å²) in [5.41, 5.74) is 12.7. The van der Waals surface area contributed by atoms with E-state index in [0.29, 0.717) is 29.8 Å². The lowest BCUT2D eigenvalue weighted by atomic mass is 9.93. The molecule has 2 N–H and O–H groups in total. The SMILES string of the molecule is CN=CC=C(N)c1ccc(Cc2cc(C=O)c(OCN(C)C3CCCOC3)c(C)c2C)cc1. The van der Waals surface area contributed by atoms with Crippen LogP contribution in [0.4, 0.5) is 0 Å². The Labute approximate surface area is 197 Å². The fourth-order valence-corrected chi connectivity index (χ4v) is 4.08. The van der Waals surface area contributed by atoms with Crippen LogP contribution in [0.15, 0.2) is 41.4 Å². The number of ether oxygens (including phenoxy) is 2. The number of likely N-dealkylation sites (N-methyl/N-ethyl adjacent to an activating group) is 1. The van der Waals surface area contributed by atoms with E-state index in [1.54, 1.807) is 19.3 Å². The number of rotatable bonds is 9. The van der Waals surface area contributed by atoms with Gasteiger partial charge >= 0.3 is 0 Å². The summed E-state index contributed by atoms with van der Waals surface area (Å²) in [6.45, 7) is 6.09. The van der Waals surface area contributed by atoms with E-state index >= 15 is 0 Å². The maximum absolute atomic E-state index is 11.9. The molecule has 6 nitrogen and oxygen atoms in total. The van der Waals surface area contributed by atoms with Crippen LogP contribution in [-0.4, -0.2) is 57.5 Å². The molecule has 6 heteroatoms. The smallest absolute Gasteiger partial charge is 0.153 e. The van der Waals surface area contributed by atoms with Gasteiger partial charge in [0.1, 0.15) is 12.5 Å². The van der Waals surface area contributed by atoms with E-state index in [4.69, 9.17) is 15.2 Å². The molecule has 1 saturated heterocycles. The molecule has 2 aromatic carbocycles. The molecule has 2 aromatic rings. The normalized spacial score (nSPS) is 17.0. The highest BCUT2D eigenvalue weighted by Crippen LogP contribution is 2.30. The van der Waals surface area contributed by atoms with Crippen LogP contribution in [0.25, 0.3) is 5.70 Å². The summed E-state index contributed by atoms with van der Waals surface area (Å²) in [7, 11) is 3.75. The Morgan fingerprint density at radius 1 is 1.27 bits per heavy atom. The van der Waals surface area contributed by atoms with E-state index < -0.39 is 0 Å². The van der Waals surface area contributed by atoms with Crippen molar-refractivity contribution in [3.8, 4) is 5.75 Å². The number of hydrogen-bond acceptors (Lipinski definition) is 6. The highest BCUT2D eigenvalue weighted by atomic mass is 16.5. The summed E-state index contributed by atoms with van der Waals surface area (Å²) in [5.74, 6) is 0.667. The van der Waals surface area contributed by atoms with Crippen molar-refractivity contribution in [3.05, 3.63) is 69.8 Å². The quantitative estimate of drug-likeness (QED) is 0.353. The van der Waals surface area contributed by atoms with Gasteiger partial charge in [-0.25, -0.2) is 0 Å². The van der Waals surface area contributed by atoms with Gasteiger partial charge in [0.05, 0.1) is 12.2 Å². The van der Waals surface area contributed by atoms with Crippen molar-refractivity contribution >= 4 is 18.2 Å². The first-order valence-electron chi connectivity index (χ1n) is 11.4. The zero-order valence-corrected chi connectivity index (χ0v) is 20.1. The fourth-order valence-electron chi connectivity index (χ4n) is 4.08. The number of nitrogens with two attached hydrogens (primary N) is 1. The van der Waals surface area contributed by atoms with Gasteiger partial charge in [-0.05, 0) is 80.1 Å². The highest BCUT2D eigenvalue weighted by molar-refractivity contribution is 5.83. The summed E-state index contributed by atoms with van der Waals surface area (Å²) < 4.78 is 11.7. The number of aldehydes is 1. The third-order valence-electron chi connectivity index (χ3n) is 6.36. The fraction of sp³-hybridized carbons (Fsp3) is 0.407. The van der Waals surface area contributed by atoms with Gasteiger partial charge < -0.3 is 15.2 Å². The summed E-state index contributed by atoms with van der Waals surface area (Å²) >= 11 is 0. The zero-order chi connectivity index (χ0) is 23.8. The first-order valence-corrected chi connectivity index (χ1v) is 11.4. The maximum Gasteiger partial charge on any atom is 0.153 e. The Balaban J connectivity index is 1.75. The third-order valence-corrected chi connectivity index (χ3v) is 6.36. The molecule has 1 fully saturated rings. The second kappa shape index (κ2) is 11.8. The average molecular weight is 450 g/mol. The van der Waals surface area contributed by atoms with Crippen molar-refractivity contribution in [3.63, 3.8) is 0 Å². The van der Waals surface area contributed by atoms with Gasteiger partial charge in [0.2, 0.25) is 0 Å². The van der Waals surface area contributed by atoms with Crippen LogP contribution >= 0.6 is 0 Å². The first-order chi connectivity index (χ1) is 15.9. The van der Waals surface area contributed by atoms with E-state index in [1.807, 2.05) is 32.2 Å². The molecule has 0 bridgehead atoms. The number of aliphatic imine (C=N–C) groups is 1. The van der Waals surface area contributed by atoms with Gasteiger partial charge in [-0.2, -0.15) is 0 Å². The minimum Gasteiger partial charge on any atom is -0.477 e. The minimum absolute atomic E-state index is 0.347. The van der Waals surface area contributed by atoms with Crippen molar-refractivity contribution in [2.75, 3.05) is 34.0 Å². The summed E-state index contributed by atoms with van der Waals surface area (Å²) in [5, 5.41) is 0. The maximum atomic E-state index is 11.9. The van der Waals surface area contributed by atoms with Crippen LogP contribution in [0.5, 0.6) is 5.75 Å². The largest absolute Gasteiger partial charge is 0.477 e. The predicted molar refractivity (Wildman–Crippen MR) is 134 cm³/mol. The second-order valence-electron chi connectivity index (χ2n) is 8.63. The van der Waals surface area contributed by atoms with E-state index in [0.717, 1.165) is 66.6 Å². The molecule has 0 radical (unpaired) electrons. The highest BCUT2D eigenvalue weighted by Gasteiger charge is 2.20. The molecule has 176 valence electrons. The van der Waals surface area contributed by atoms with Crippen LogP contribution < -0.4 is 10.5 Å². The molecule has 0 aromatic heterocycles. The number of nitrogens with zero attached hydrogens (tertiary/aromatic N) is 2. The number of benzene rings is 2. The van der Waals surface area contributed by atoms with E-state index in [9.17, 15) is 4.79 Å². The number of carbonyl (C=O) groups is 1. The van der Waals surface area contributed by atoms with Gasteiger partial charge in [-0.1, -0.05) is 24.3 Å². The van der Waals surface area contributed by atoms with Crippen molar-refractivity contribution < 1.29 is 14.3 Å². The molecule has 0 spiro atoms. The minimum atomic E-state index is 0.347. The van der Waals surface area contributed by atoms with E-state index in [2.05, 4.69) is 28.9 Å². The lowest BCUT2D eigenvalue weighted by Gasteiger charge is -2.31. The van der Waals surface area contributed by atoms with Gasteiger partial charge in [-0.3, -0.25) is 14.7 Å². The van der Waals surface area contributed by atoms with Gasteiger partial charge in [0.25, 0.3) is 0 Å². The predicted octanol–water partition coefficient (Wildman–Crippen LogP) is 4.15. The van der Waals surface area contributed by atoms with Gasteiger partial charge in [0.15, 0.2) is 6.29 Å². The molecule has 0 saturated carbocycles. The Morgan fingerprint density at radius 2 is 2.03 bits per heavy atom. The van der Waals surface area contributed by atoms with Crippen molar-refractivity contribution in [1.82, 2.24) is 4.90 Å². The molecule has 1 aliphatic heterocycles. The first kappa shape index (κ1) is 24.7. The van der Waals surface area contributed by atoms with Crippen LogP contribution in [0.2, 0.25) is 0 Å². The Kier molecular flexibility index (Phi) is 8.80. The molecule has 3 rings (SSSR count). The molecule has 1 unspecified atom stereocenters. The van der Waals surface area contributed by atoms with E-state index in [1.165, 1.54) is 0 Å². The number of allylic oxidation sites excluding steroid dienone is 1. The Morgan fingerprint density at radius 3 is 2.67 bits per heavy atom. The second-order valence-corrected chi connectivity index (χ2v) is 8.63. The zero-order valence-electron chi connectivity index (χ0n) is 20.1. The summed E-state index contributed by atoms with van der Waals surface area (Å²) in [6.07, 6.45) is 7.26. The van der Waals surface area contributed by atoms with Crippen molar-refractivity contribution in [1.29, 1.82) is 0 Å². The van der Waals surface area contributed by atoms with Crippen LogP contribution in [0.1, 0.15) is 51.0 Å². The molecular formula is C27H35N3O3. The summed E-state index contributed by atoms with van der Waals surface area (Å²) in [4.78, 5) is 18.0. The molecule has 1 atom stereocenters. The van der Waals surface area contributed by atoms with Gasteiger partial charge in [0, 0.05) is 31.6 Å². The van der Waals surface area contributed by atoms with E-state index in [-0.39, 0.29) is 0 Å². The molecule has 0 amide bonds. The van der Waals surface area contributed by atoms with Crippen molar-refractivity contribution in [2.24, 2.45) is 10.7 Å². The standard InChI is InChI=1S/C27H35N3O3/c1-19-20(2)27(33-18-30(4)25-6-5-13-32-17-25)24(16-31)15-23(19)14-21-7-9-22(10-8-21)26(28)11-12-29-3/h7-12,15-16,25H,5-6,13-14,17-18,28H2,1-4H3. The Hall–Kier alpha value is -2.96.